The van der Waals surface area contributed by atoms with Gasteiger partial charge in [0.25, 0.3) is 0 Å². The van der Waals surface area contributed by atoms with E-state index in [-0.39, 0.29) is 41.4 Å². The third-order valence-electron chi connectivity index (χ3n) is 5.88. The molecular formula is C21H41IN4O2. The van der Waals surface area contributed by atoms with Gasteiger partial charge < -0.3 is 15.0 Å². The van der Waals surface area contributed by atoms with E-state index < -0.39 is 0 Å². The molecule has 28 heavy (non-hydrogen) atoms. The normalized spacial score (nSPS) is 22.5. The first-order valence-electron chi connectivity index (χ1n) is 10.8. The largest absolute Gasteiger partial charge is 0.466 e. The fraction of sp³-hybridized carbons (Fsp3) is 0.905. The lowest BCUT2D eigenvalue weighted by molar-refractivity contribution is -0.149. The summed E-state index contributed by atoms with van der Waals surface area (Å²) >= 11 is 0. The minimum absolute atomic E-state index is 0. The molecule has 0 aromatic carbocycles. The summed E-state index contributed by atoms with van der Waals surface area (Å²) in [6.07, 6.45) is 4.32. The van der Waals surface area contributed by atoms with Gasteiger partial charge >= 0.3 is 5.97 Å². The number of nitrogens with one attached hydrogen (secondary N) is 1. The van der Waals surface area contributed by atoms with Crippen LogP contribution >= 0.6 is 24.0 Å². The highest BCUT2D eigenvalue weighted by Gasteiger charge is 2.31. The zero-order chi connectivity index (χ0) is 19.9. The molecule has 0 aliphatic carbocycles. The molecule has 1 unspecified atom stereocenters. The van der Waals surface area contributed by atoms with E-state index in [2.05, 4.69) is 42.8 Å². The van der Waals surface area contributed by atoms with Crippen LogP contribution in [0.4, 0.5) is 0 Å². The number of hydrogen-bond donors (Lipinski definition) is 1. The van der Waals surface area contributed by atoms with Crippen LogP contribution in [0.15, 0.2) is 4.99 Å². The number of ether oxygens (including phenoxy) is 1. The topological polar surface area (TPSA) is 57.2 Å². The number of rotatable bonds is 6. The Kier molecular flexibility index (Phi) is 11.1. The van der Waals surface area contributed by atoms with E-state index in [0.717, 1.165) is 50.9 Å². The Balaban J connectivity index is 0.00000392. The molecule has 2 saturated heterocycles. The van der Waals surface area contributed by atoms with Gasteiger partial charge in [-0.1, -0.05) is 6.92 Å². The summed E-state index contributed by atoms with van der Waals surface area (Å²) in [5, 5.41) is 3.45. The zero-order valence-electron chi connectivity index (χ0n) is 18.5. The first-order valence-corrected chi connectivity index (χ1v) is 10.8. The minimum Gasteiger partial charge on any atom is -0.466 e. The Hall–Kier alpha value is -0.570. The van der Waals surface area contributed by atoms with E-state index in [4.69, 9.17) is 9.73 Å². The number of guanidine groups is 1. The standard InChI is InChI=1S/C21H40N4O2.HI/c1-6-22-20(24-13-10-18(11-14-24)19(26)27-7-2)23-16-21(4,5)25-12-8-9-17(3)15-25;/h17-18H,6-16H2,1-5H3,(H,22,23);1H. The number of carbonyl (C=O) groups excluding carboxylic acids is 1. The molecule has 0 radical (unpaired) electrons. The number of nitrogens with zero attached hydrogens (tertiary/aromatic N) is 3. The van der Waals surface area contributed by atoms with Gasteiger partial charge in [0.05, 0.1) is 19.1 Å². The Morgan fingerprint density at radius 3 is 2.43 bits per heavy atom. The highest BCUT2D eigenvalue weighted by atomic mass is 127. The van der Waals surface area contributed by atoms with Crippen LogP contribution in [-0.2, 0) is 9.53 Å². The molecule has 2 fully saturated rings. The van der Waals surface area contributed by atoms with Crippen LogP contribution in [0.1, 0.15) is 60.3 Å². The molecule has 2 rings (SSSR count). The SMILES string of the molecule is CCNC(=NCC(C)(C)N1CCCC(C)C1)N1CCC(C(=O)OCC)CC1.I. The molecular weight excluding hydrogens is 467 g/mol. The molecule has 0 aromatic rings. The lowest BCUT2D eigenvalue weighted by Gasteiger charge is -2.42. The van der Waals surface area contributed by atoms with Crippen molar-refractivity contribution in [1.29, 1.82) is 0 Å². The number of likely N-dealkylation sites (tertiary alicyclic amines) is 2. The predicted octanol–water partition coefficient (Wildman–Crippen LogP) is 3.36. The van der Waals surface area contributed by atoms with Crippen molar-refractivity contribution in [3.8, 4) is 0 Å². The number of carbonyl (C=O) groups is 1. The molecule has 0 spiro atoms. The van der Waals surface area contributed by atoms with Crippen molar-refractivity contribution < 1.29 is 9.53 Å². The van der Waals surface area contributed by atoms with Crippen molar-refractivity contribution in [2.45, 2.75) is 65.8 Å². The van der Waals surface area contributed by atoms with Crippen molar-refractivity contribution in [2.24, 2.45) is 16.8 Å². The first kappa shape index (κ1) is 25.5. The highest BCUT2D eigenvalue weighted by molar-refractivity contribution is 14.0. The van der Waals surface area contributed by atoms with E-state index in [0.29, 0.717) is 6.61 Å². The maximum atomic E-state index is 12.0. The van der Waals surface area contributed by atoms with E-state index in [1.165, 1.54) is 25.9 Å². The Morgan fingerprint density at radius 1 is 1.18 bits per heavy atom. The lowest BCUT2D eigenvalue weighted by atomic mass is 9.93. The van der Waals surface area contributed by atoms with E-state index in [1.54, 1.807) is 0 Å². The van der Waals surface area contributed by atoms with Crippen molar-refractivity contribution in [3.05, 3.63) is 0 Å². The molecule has 2 aliphatic rings. The van der Waals surface area contributed by atoms with Crippen molar-refractivity contribution in [3.63, 3.8) is 0 Å². The van der Waals surface area contributed by atoms with Crippen molar-refractivity contribution in [1.82, 2.24) is 15.1 Å². The van der Waals surface area contributed by atoms with Crippen molar-refractivity contribution in [2.75, 3.05) is 45.9 Å². The van der Waals surface area contributed by atoms with E-state index >= 15 is 0 Å². The van der Waals surface area contributed by atoms with Gasteiger partial charge in [0, 0.05) is 31.7 Å². The summed E-state index contributed by atoms with van der Waals surface area (Å²) in [4.78, 5) is 21.9. The second-order valence-electron chi connectivity index (χ2n) is 8.69. The summed E-state index contributed by atoms with van der Waals surface area (Å²) in [5.74, 6) is 1.75. The number of esters is 1. The summed E-state index contributed by atoms with van der Waals surface area (Å²) in [6.45, 7) is 17.1. The molecule has 2 heterocycles. The summed E-state index contributed by atoms with van der Waals surface area (Å²) in [5.41, 5.74) is 0.0681. The summed E-state index contributed by atoms with van der Waals surface area (Å²) in [6, 6.07) is 0. The van der Waals surface area contributed by atoms with Crippen LogP contribution in [-0.4, -0.2) is 73.1 Å². The van der Waals surface area contributed by atoms with Crippen LogP contribution in [0.5, 0.6) is 0 Å². The Labute approximate surface area is 188 Å². The molecule has 2 aliphatic heterocycles. The quantitative estimate of drug-likeness (QED) is 0.258. The molecule has 0 aromatic heterocycles. The van der Waals surface area contributed by atoms with E-state index in [1.807, 2.05) is 6.92 Å². The lowest BCUT2D eigenvalue weighted by Crippen LogP contribution is -2.52. The van der Waals surface area contributed by atoms with Gasteiger partial charge in [-0.2, -0.15) is 0 Å². The van der Waals surface area contributed by atoms with Gasteiger partial charge in [-0.05, 0) is 65.8 Å². The second-order valence-corrected chi connectivity index (χ2v) is 8.69. The Morgan fingerprint density at radius 2 is 1.86 bits per heavy atom. The molecule has 1 N–H and O–H groups in total. The predicted molar refractivity (Wildman–Crippen MR) is 126 cm³/mol. The van der Waals surface area contributed by atoms with Gasteiger partial charge in [-0.3, -0.25) is 14.7 Å². The molecule has 6 nitrogen and oxygen atoms in total. The molecule has 0 saturated carbocycles. The van der Waals surface area contributed by atoms with Gasteiger partial charge in [-0.25, -0.2) is 0 Å². The fourth-order valence-electron chi connectivity index (χ4n) is 4.12. The average Bonchev–Trinajstić information content (AvgIpc) is 2.65. The minimum atomic E-state index is -0.0422. The number of piperidine rings is 2. The highest BCUT2D eigenvalue weighted by Crippen LogP contribution is 2.24. The van der Waals surface area contributed by atoms with Gasteiger partial charge in [0.2, 0.25) is 0 Å². The van der Waals surface area contributed by atoms with Gasteiger partial charge in [-0.15, -0.1) is 24.0 Å². The zero-order valence-corrected chi connectivity index (χ0v) is 20.8. The monoisotopic (exact) mass is 508 g/mol. The van der Waals surface area contributed by atoms with Crippen LogP contribution in [0.2, 0.25) is 0 Å². The maximum absolute atomic E-state index is 12.0. The number of halogens is 1. The summed E-state index contributed by atoms with van der Waals surface area (Å²) < 4.78 is 5.18. The third kappa shape index (κ3) is 7.35. The second kappa shape index (κ2) is 12.2. The van der Waals surface area contributed by atoms with E-state index in [9.17, 15) is 4.79 Å². The molecule has 7 heteroatoms. The number of aliphatic imine (C=N–C) groups is 1. The molecule has 164 valence electrons. The number of hydrogen-bond acceptors (Lipinski definition) is 4. The fourth-order valence-corrected chi connectivity index (χ4v) is 4.12. The van der Waals surface area contributed by atoms with Crippen LogP contribution in [0.25, 0.3) is 0 Å². The van der Waals surface area contributed by atoms with Gasteiger partial charge in [0.15, 0.2) is 5.96 Å². The van der Waals surface area contributed by atoms with Gasteiger partial charge in [0.1, 0.15) is 0 Å². The third-order valence-corrected chi connectivity index (χ3v) is 5.88. The average molecular weight is 508 g/mol. The Bertz CT molecular complexity index is 505. The summed E-state index contributed by atoms with van der Waals surface area (Å²) in [7, 11) is 0. The smallest absolute Gasteiger partial charge is 0.309 e. The van der Waals surface area contributed by atoms with Crippen LogP contribution < -0.4 is 5.32 Å². The van der Waals surface area contributed by atoms with Crippen molar-refractivity contribution >= 4 is 35.9 Å². The molecule has 0 amide bonds. The molecule has 1 atom stereocenters. The van der Waals surface area contributed by atoms with Crippen LogP contribution in [0, 0.1) is 11.8 Å². The molecule has 0 bridgehead atoms. The van der Waals surface area contributed by atoms with Crippen LogP contribution in [0.3, 0.4) is 0 Å². The maximum Gasteiger partial charge on any atom is 0.309 e. The first-order chi connectivity index (χ1) is 12.9.